The van der Waals surface area contributed by atoms with E-state index in [0.717, 1.165) is 41.6 Å². The second kappa shape index (κ2) is 10.6. The minimum Gasteiger partial charge on any atom is -0.399 e. The quantitative estimate of drug-likeness (QED) is 0.272. The predicted molar refractivity (Wildman–Crippen MR) is 166 cm³/mol. The molecule has 3 heteroatoms. The molecule has 0 radical (unpaired) electrons. The lowest BCUT2D eigenvalue weighted by atomic mass is 9.44. The molecule has 3 nitrogen and oxygen atoms in total. The summed E-state index contributed by atoms with van der Waals surface area (Å²) in [6, 6.07) is 5.81. The van der Waals surface area contributed by atoms with Crippen molar-refractivity contribution in [2.45, 2.75) is 119 Å². The number of fused-ring (bicyclic) bond motifs is 5. The second-order valence-corrected chi connectivity index (χ2v) is 15.3. The molecule has 0 aromatic heterocycles. The van der Waals surface area contributed by atoms with Gasteiger partial charge in [-0.15, -0.1) is 0 Å². The van der Waals surface area contributed by atoms with E-state index in [9.17, 15) is 0 Å². The Labute approximate surface area is 239 Å². The third-order valence-electron chi connectivity index (χ3n) is 12.3. The average Bonchev–Trinajstić information content (AvgIpc) is 3.20. The van der Waals surface area contributed by atoms with Gasteiger partial charge in [-0.1, -0.05) is 57.9 Å². The van der Waals surface area contributed by atoms with Crippen LogP contribution in [0.2, 0.25) is 0 Å². The molecule has 3 fully saturated rings. The highest BCUT2D eigenvalue weighted by atomic mass is 16.5. The van der Waals surface area contributed by atoms with Gasteiger partial charge in [-0.25, -0.2) is 0 Å². The fourth-order valence-electron chi connectivity index (χ4n) is 10.5. The number of nitrogens with two attached hydrogens (primary N) is 2. The molecular formula is C36H56N2O. The molecule has 0 spiro atoms. The standard InChI is InChI=1S/C36H56N2O/c1-23(2)9-8-10-24(3)29-12-13-30-28-11-14-32-34(4,5)33(39-22-25-19-26(37)21-27(38)20-25)16-18-36(32,7)31(28)15-17-35(29,30)6/h9,14,19-21,24,28-31,33H,8,10-13,15-18,22,37-38H2,1-7H3. The van der Waals surface area contributed by atoms with Crippen LogP contribution in [0.3, 0.4) is 0 Å². The molecular weight excluding hydrogens is 476 g/mol. The summed E-state index contributed by atoms with van der Waals surface area (Å²) in [5.41, 5.74) is 18.6. The Morgan fingerprint density at radius 2 is 1.69 bits per heavy atom. The summed E-state index contributed by atoms with van der Waals surface area (Å²) < 4.78 is 6.64. The Hall–Kier alpha value is -1.74. The van der Waals surface area contributed by atoms with E-state index in [1.54, 1.807) is 5.57 Å². The van der Waals surface area contributed by atoms with Crippen LogP contribution in [0, 0.1) is 45.8 Å². The molecule has 5 rings (SSSR count). The van der Waals surface area contributed by atoms with Gasteiger partial charge in [-0.05, 0) is 136 Å². The van der Waals surface area contributed by atoms with Crippen molar-refractivity contribution >= 4 is 11.4 Å². The highest BCUT2D eigenvalue weighted by Gasteiger charge is 2.61. The molecule has 0 amide bonds. The average molecular weight is 533 g/mol. The van der Waals surface area contributed by atoms with Gasteiger partial charge in [0.05, 0.1) is 12.7 Å². The highest BCUT2D eigenvalue weighted by Crippen LogP contribution is 2.69. The minimum atomic E-state index is 0.0439. The van der Waals surface area contributed by atoms with Crippen molar-refractivity contribution in [2.24, 2.45) is 45.8 Å². The van der Waals surface area contributed by atoms with Gasteiger partial charge >= 0.3 is 0 Å². The topological polar surface area (TPSA) is 61.3 Å². The number of hydrogen-bond acceptors (Lipinski definition) is 3. The molecule has 4 aliphatic carbocycles. The van der Waals surface area contributed by atoms with Crippen LogP contribution in [0.1, 0.15) is 112 Å². The van der Waals surface area contributed by atoms with E-state index in [0.29, 0.717) is 28.8 Å². The third-order valence-corrected chi connectivity index (χ3v) is 12.3. The predicted octanol–water partition coefficient (Wildman–Crippen LogP) is 9.33. The minimum absolute atomic E-state index is 0.0439. The van der Waals surface area contributed by atoms with Gasteiger partial charge in [-0.3, -0.25) is 0 Å². The zero-order valence-corrected chi connectivity index (χ0v) is 26.0. The molecule has 0 bridgehead atoms. The molecule has 3 saturated carbocycles. The van der Waals surface area contributed by atoms with Gasteiger partial charge in [0.15, 0.2) is 0 Å². The van der Waals surface area contributed by atoms with Crippen molar-refractivity contribution in [3.8, 4) is 0 Å². The maximum Gasteiger partial charge on any atom is 0.0722 e. The lowest BCUT2D eigenvalue weighted by Gasteiger charge is -2.61. The van der Waals surface area contributed by atoms with E-state index in [2.05, 4.69) is 60.6 Å². The molecule has 4 aliphatic rings. The molecule has 8 unspecified atom stereocenters. The number of anilines is 2. The number of ether oxygens (including phenoxy) is 1. The van der Waals surface area contributed by atoms with Crippen molar-refractivity contribution in [1.29, 1.82) is 0 Å². The van der Waals surface area contributed by atoms with E-state index >= 15 is 0 Å². The first-order valence-electron chi connectivity index (χ1n) is 16.0. The fraction of sp³-hybridized carbons (Fsp3) is 0.722. The van der Waals surface area contributed by atoms with Gasteiger partial charge in [-0.2, -0.15) is 0 Å². The van der Waals surface area contributed by atoms with Gasteiger partial charge in [0, 0.05) is 16.8 Å². The smallest absolute Gasteiger partial charge is 0.0722 e. The van der Waals surface area contributed by atoms with Crippen molar-refractivity contribution in [1.82, 2.24) is 0 Å². The van der Waals surface area contributed by atoms with Crippen molar-refractivity contribution in [2.75, 3.05) is 11.5 Å². The maximum atomic E-state index is 6.64. The summed E-state index contributed by atoms with van der Waals surface area (Å²) >= 11 is 0. The molecule has 4 N–H and O–H groups in total. The monoisotopic (exact) mass is 532 g/mol. The third kappa shape index (κ3) is 5.11. The van der Waals surface area contributed by atoms with Crippen LogP contribution >= 0.6 is 0 Å². The van der Waals surface area contributed by atoms with Crippen molar-refractivity contribution in [3.05, 3.63) is 47.1 Å². The zero-order chi connectivity index (χ0) is 28.2. The first-order valence-corrected chi connectivity index (χ1v) is 16.0. The van der Waals surface area contributed by atoms with Crippen LogP contribution in [-0.4, -0.2) is 6.10 Å². The highest BCUT2D eigenvalue weighted by molar-refractivity contribution is 5.54. The summed E-state index contributed by atoms with van der Waals surface area (Å²) in [5.74, 6) is 4.31. The largest absolute Gasteiger partial charge is 0.399 e. The number of hydrogen-bond donors (Lipinski definition) is 2. The molecule has 1 aromatic carbocycles. The van der Waals surface area contributed by atoms with Crippen molar-refractivity contribution < 1.29 is 4.74 Å². The molecule has 39 heavy (non-hydrogen) atoms. The van der Waals surface area contributed by atoms with Gasteiger partial charge in [0.1, 0.15) is 0 Å². The lowest BCUT2D eigenvalue weighted by molar-refractivity contribution is -0.0990. The molecule has 8 atom stereocenters. The van der Waals surface area contributed by atoms with E-state index in [1.165, 1.54) is 56.9 Å². The number of rotatable bonds is 7. The number of benzene rings is 1. The molecule has 0 aliphatic heterocycles. The fourth-order valence-corrected chi connectivity index (χ4v) is 10.5. The van der Waals surface area contributed by atoms with E-state index in [1.807, 2.05) is 18.2 Å². The van der Waals surface area contributed by atoms with Gasteiger partial charge < -0.3 is 16.2 Å². The Kier molecular flexibility index (Phi) is 7.81. The van der Waals surface area contributed by atoms with E-state index in [-0.39, 0.29) is 11.5 Å². The lowest BCUT2D eigenvalue weighted by Crippen LogP contribution is -2.55. The maximum absolute atomic E-state index is 6.64. The Bertz CT molecular complexity index is 1090. The number of allylic oxidation sites excluding steroid dienone is 3. The van der Waals surface area contributed by atoms with Crippen LogP contribution < -0.4 is 11.5 Å². The van der Waals surface area contributed by atoms with Crippen LogP contribution in [0.15, 0.2) is 41.5 Å². The Morgan fingerprint density at radius 3 is 2.38 bits per heavy atom. The molecule has 0 heterocycles. The summed E-state index contributed by atoms with van der Waals surface area (Å²) in [6.45, 7) is 17.8. The second-order valence-electron chi connectivity index (χ2n) is 15.3. The van der Waals surface area contributed by atoms with Crippen LogP contribution in [0.4, 0.5) is 11.4 Å². The van der Waals surface area contributed by atoms with Gasteiger partial charge in [0.2, 0.25) is 0 Å². The van der Waals surface area contributed by atoms with E-state index in [4.69, 9.17) is 16.2 Å². The Morgan fingerprint density at radius 1 is 0.974 bits per heavy atom. The van der Waals surface area contributed by atoms with Crippen LogP contribution in [0.5, 0.6) is 0 Å². The summed E-state index contributed by atoms with van der Waals surface area (Å²) in [4.78, 5) is 0. The normalized spacial score (nSPS) is 37.7. The summed E-state index contributed by atoms with van der Waals surface area (Å²) in [7, 11) is 0. The summed E-state index contributed by atoms with van der Waals surface area (Å²) in [5, 5.41) is 0. The summed E-state index contributed by atoms with van der Waals surface area (Å²) in [6.07, 6.45) is 17.4. The SMILES string of the molecule is CC(C)=CCCC(C)C1CCC2C3CC=C4C(C)(C)C(OCc5cc(N)cc(N)c5)CCC4(C)C3CCC12C. The molecule has 1 aromatic rings. The van der Waals surface area contributed by atoms with E-state index < -0.39 is 0 Å². The molecule has 0 saturated heterocycles. The van der Waals surface area contributed by atoms with Crippen LogP contribution in [0.25, 0.3) is 0 Å². The Balaban J connectivity index is 1.31. The van der Waals surface area contributed by atoms with Crippen molar-refractivity contribution in [3.63, 3.8) is 0 Å². The number of nitrogen functional groups attached to an aromatic ring is 2. The zero-order valence-electron chi connectivity index (χ0n) is 26.0. The first kappa shape index (κ1) is 28.8. The van der Waals surface area contributed by atoms with Crippen LogP contribution in [-0.2, 0) is 11.3 Å². The molecule has 216 valence electrons. The first-order chi connectivity index (χ1) is 18.4. The van der Waals surface area contributed by atoms with Gasteiger partial charge in [0.25, 0.3) is 0 Å².